The smallest absolute Gasteiger partial charge is 0.119 e. The highest BCUT2D eigenvalue weighted by atomic mass is 79.9. The average molecular weight is 333 g/mol. The Morgan fingerprint density at radius 3 is 2.70 bits per heavy atom. The summed E-state index contributed by atoms with van der Waals surface area (Å²) in [5.41, 5.74) is 2.48. The maximum absolute atomic E-state index is 5.22. The molecule has 4 heteroatoms. The van der Waals surface area contributed by atoms with Crippen molar-refractivity contribution in [3.63, 3.8) is 0 Å². The summed E-state index contributed by atoms with van der Waals surface area (Å²) in [6.45, 7) is 1.99. The molecule has 104 valence electrons. The molecule has 0 radical (unpaired) electrons. The second-order valence-electron chi connectivity index (χ2n) is 4.80. The second kappa shape index (κ2) is 5.85. The molecule has 1 aliphatic heterocycles. The van der Waals surface area contributed by atoms with Gasteiger partial charge in [0.05, 0.1) is 7.11 Å². The molecule has 2 aromatic carbocycles. The van der Waals surface area contributed by atoms with Gasteiger partial charge in [-0.05, 0) is 42.0 Å². The van der Waals surface area contributed by atoms with E-state index in [9.17, 15) is 0 Å². The summed E-state index contributed by atoms with van der Waals surface area (Å²) in [7, 11) is 1.69. The maximum Gasteiger partial charge on any atom is 0.119 e. The third-order valence-corrected chi connectivity index (χ3v) is 4.06. The van der Waals surface area contributed by atoms with Crippen LogP contribution in [0.2, 0.25) is 0 Å². The number of nitrogens with one attached hydrogen (secondary N) is 1. The van der Waals surface area contributed by atoms with E-state index < -0.39 is 0 Å². The third kappa shape index (κ3) is 2.67. The maximum atomic E-state index is 5.22. The summed E-state index contributed by atoms with van der Waals surface area (Å²) in [5, 5.41) is 3.55. The molecular formula is C16H17BrN2O. The largest absolute Gasteiger partial charge is 0.497 e. The van der Waals surface area contributed by atoms with Gasteiger partial charge in [-0.1, -0.05) is 28.1 Å². The predicted molar refractivity (Wildman–Crippen MR) is 85.2 cm³/mol. The van der Waals surface area contributed by atoms with Crippen LogP contribution >= 0.6 is 15.9 Å². The van der Waals surface area contributed by atoms with Gasteiger partial charge in [-0.15, -0.1) is 0 Å². The minimum Gasteiger partial charge on any atom is -0.497 e. The van der Waals surface area contributed by atoms with E-state index in [-0.39, 0.29) is 6.17 Å². The van der Waals surface area contributed by atoms with Gasteiger partial charge in [0.25, 0.3) is 0 Å². The zero-order chi connectivity index (χ0) is 13.9. The highest BCUT2D eigenvalue weighted by molar-refractivity contribution is 9.10. The highest BCUT2D eigenvalue weighted by Gasteiger charge is 2.25. The van der Waals surface area contributed by atoms with Crippen molar-refractivity contribution in [2.45, 2.75) is 6.17 Å². The van der Waals surface area contributed by atoms with Crippen molar-refractivity contribution < 1.29 is 4.74 Å². The molecular weight excluding hydrogens is 316 g/mol. The van der Waals surface area contributed by atoms with Gasteiger partial charge in [0.2, 0.25) is 0 Å². The van der Waals surface area contributed by atoms with Gasteiger partial charge in [-0.3, -0.25) is 5.32 Å². The van der Waals surface area contributed by atoms with Crippen LogP contribution in [-0.4, -0.2) is 20.2 Å². The molecule has 3 nitrogen and oxygen atoms in total. The first kappa shape index (κ1) is 13.5. The lowest BCUT2D eigenvalue weighted by Gasteiger charge is -2.27. The Bertz CT molecular complexity index is 585. The zero-order valence-electron chi connectivity index (χ0n) is 11.3. The van der Waals surface area contributed by atoms with Gasteiger partial charge in [-0.25, -0.2) is 0 Å². The Labute approximate surface area is 127 Å². The van der Waals surface area contributed by atoms with E-state index in [0.717, 1.165) is 23.3 Å². The summed E-state index contributed by atoms with van der Waals surface area (Å²) < 4.78 is 6.33. The summed E-state index contributed by atoms with van der Waals surface area (Å²) in [6.07, 6.45) is 0.223. The van der Waals surface area contributed by atoms with Crippen LogP contribution < -0.4 is 15.0 Å². The van der Waals surface area contributed by atoms with Crippen LogP contribution in [0.4, 0.5) is 5.69 Å². The van der Waals surface area contributed by atoms with Gasteiger partial charge in [0, 0.05) is 23.2 Å². The number of rotatable bonds is 3. The summed E-state index contributed by atoms with van der Waals surface area (Å²) in [6, 6.07) is 16.7. The molecule has 1 heterocycles. The van der Waals surface area contributed by atoms with Gasteiger partial charge in [-0.2, -0.15) is 0 Å². The lowest BCUT2D eigenvalue weighted by molar-refractivity contribution is 0.415. The SMILES string of the molecule is COc1ccc(N2CCNC2c2cccc(Br)c2)cc1. The fourth-order valence-corrected chi connectivity index (χ4v) is 3.00. The highest BCUT2D eigenvalue weighted by Crippen LogP contribution is 2.30. The van der Waals surface area contributed by atoms with Crippen LogP contribution in [0.1, 0.15) is 11.7 Å². The van der Waals surface area contributed by atoms with Crippen molar-refractivity contribution in [3.8, 4) is 5.75 Å². The van der Waals surface area contributed by atoms with Crippen molar-refractivity contribution in [1.82, 2.24) is 5.32 Å². The number of benzene rings is 2. The van der Waals surface area contributed by atoms with E-state index in [1.54, 1.807) is 7.11 Å². The molecule has 0 bridgehead atoms. The van der Waals surface area contributed by atoms with Gasteiger partial charge < -0.3 is 9.64 Å². The molecule has 0 saturated carbocycles. The Hall–Kier alpha value is -1.52. The van der Waals surface area contributed by atoms with Crippen LogP contribution in [0.25, 0.3) is 0 Å². The van der Waals surface area contributed by atoms with E-state index >= 15 is 0 Å². The number of hydrogen-bond donors (Lipinski definition) is 1. The molecule has 20 heavy (non-hydrogen) atoms. The molecule has 1 unspecified atom stereocenters. The number of hydrogen-bond acceptors (Lipinski definition) is 3. The molecule has 0 aliphatic carbocycles. The zero-order valence-corrected chi connectivity index (χ0v) is 12.9. The number of anilines is 1. The van der Waals surface area contributed by atoms with Crippen molar-refractivity contribution in [2.24, 2.45) is 0 Å². The Morgan fingerprint density at radius 1 is 1.20 bits per heavy atom. The van der Waals surface area contributed by atoms with E-state index in [4.69, 9.17) is 4.74 Å². The first-order valence-corrected chi connectivity index (χ1v) is 7.47. The second-order valence-corrected chi connectivity index (χ2v) is 5.72. The van der Waals surface area contributed by atoms with Gasteiger partial charge in [0.15, 0.2) is 0 Å². The van der Waals surface area contributed by atoms with Crippen molar-refractivity contribution >= 4 is 21.6 Å². The Kier molecular flexibility index (Phi) is 3.94. The predicted octanol–water partition coefficient (Wildman–Crippen LogP) is 3.57. The molecule has 1 atom stereocenters. The molecule has 0 spiro atoms. The molecule has 0 aromatic heterocycles. The summed E-state index contributed by atoms with van der Waals surface area (Å²) in [5.74, 6) is 0.889. The minimum atomic E-state index is 0.223. The van der Waals surface area contributed by atoms with Crippen LogP contribution in [0, 0.1) is 0 Å². The summed E-state index contributed by atoms with van der Waals surface area (Å²) in [4.78, 5) is 2.38. The van der Waals surface area contributed by atoms with Crippen molar-refractivity contribution in [2.75, 3.05) is 25.1 Å². The topological polar surface area (TPSA) is 24.5 Å². The standard InChI is InChI=1S/C16H17BrN2O/c1-20-15-7-5-14(6-8-15)19-10-9-18-16(19)12-3-2-4-13(17)11-12/h2-8,11,16,18H,9-10H2,1H3. The molecule has 2 aromatic rings. The van der Waals surface area contributed by atoms with Crippen molar-refractivity contribution in [1.29, 1.82) is 0 Å². The molecule has 0 amide bonds. The van der Waals surface area contributed by atoms with Crippen LogP contribution in [0.15, 0.2) is 53.0 Å². The Balaban J connectivity index is 1.88. The number of ether oxygens (including phenoxy) is 1. The lowest BCUT2D eigenvalue weighted by Crippen LogP contribution is -2.27. The average Bonchev–Trinajstić information content (AvgIpc) is 2.97. The monoisotopic (exact) mass is 332 g/mol. The van der Waals surface area contributed by atoms with E-state index in [1.807, 2.05) is 12.1 Å². The van der Waals surface area contributed by atoms with E-state index in [0.29, 0.717) is 0 Å². The normalized spacial score (nSPS) is 18.3. The minimum absolute atomic E-state index is 0.223. The van der Waals surface area contributed by atoms with Crippen molar-refractivity contribution in [3.05, 3.63) is 58.6 Å². The first-order chi connectivity index (χ1) is 9.78. The lowest BCUT2D eigenvalue weighted by atomic mass is 10.1. The third-order valence-electron chi connectivity index (χ3n) is 3.57. The van der Waals surface area contributed by atoms with Gasteiger partial charge in [0.1, 0.15) is 11.9 Å². The van der Waals surface area contributed by atoms with Crippen LogP contribution in [0.5, 0.6) is 5.75 Å². The van der Waals surface area contributed by atoms with E-state index in [1.165, 1.54) is 11.3 Å². The summed E-state index contributed by atoms with van der Waals surface area (Å²) >= 11 is 3.54. The number of methoxy groups -OCH3 is 1. The number of nitrogens with zero attached hydrogens (tertiary/aromatic N) is 1. The molecule has 1 saturated heterocycles. The molecule has 1 fully saturated rings. The molecule has 1 aliphatic rings. The fraction of sp³-hybridized carbons (Fsp3) is 0.250. The van der Waals surface area contributed by atoms with Crippen LogP contribution in [0.3, 0.4) is 0 Å². The fourth-order valence-electron chi connectivity index (χ4n) is 2.59. The number of halogens is 1. The molecule has 3 rings (SSSR count). The molecule has 1 N–H and O–H groups in total. The quantitative estimate of drug-likeness (QED) is 0.929. The van der Waals surface area contributed by atoms with E-state index in [2.05, 4.69) is 62.5 Å². The Morgan fingerprint density at radius 2 is 2.00 bits per heavy atom. The first-order valence-electron chi connectivity index (χ1n) is 6.67. The van der Waals surface area contributed by atoms with Crippen LogP contribution in [-0.2, 0) is 0 Å². The van der Waals surface area contributed by atoms with Gasteiger partial charge >= 0.3 is 0 Å².